The number of nitrogen functional groups attached to an aromatic ring is 1. The summed E-state index contributed by atoms with van der Waals surface area (Å²) in [5.74, 6) is 0. The number of para-hydroxylation sites is 1. The van der Waals surface area contributed by atoms with E-state index in [-0.39, 0.29) is 6.61 Å². The first kappa shape index (κ1) is 11.8. The predicted octanol–water partition coefficient (Wildman–Crippen LogP) is 1.55. The van der Waals surface area contributed by atoms with Crippen molar-refractivity contribution in [3.8, 4) is 16.3 Å². The Balaban J connectivity index is 2.22. The van der Waals surface area contributed by atoms with E-state index in [4.69, 9.17) is 15.6 Å². The van der Waals surface area contributed by atoms with Gasteiger partial charge in [0.2, 0.25) is 5.06 Å². The molecule has 1 heterocycles. The van der Waals surface area contributed by atoms with Gasteiger partial charge < -0.3 is 15.6 Å². The van der Waals surface area contributed by atoms with Crippen LogP contribution in [0.4, 0.5) is 5.69 Å². The van der Waals surface area contributed by atoms with Crippen molar-refractivity contribution in [1.82, 2.24) is 9.59 Å². The fourth-order valence-corrected chi connectivity index (χ4v) is 1.95. The van der Waals surface area contributed by atoms with Crippen LogP contribution in [0.5, 0.6) is 5.06 Å². The van der Waals surface area contributed by atoms with Gasteiger partial charge in [-0.3, -0.25) is 0 Å². The Labute approximate surface area is 103 Å². The van der Waals surface area contributed by atoms with E-state index in [1.54, 1.807) is 0 Å². The SMILES string of the molecule is Nc1ccccc1-c1nnsc1OCCCO. The maximum atomic E-state index is 8.70. The van der Waals surface area contributed by atoms with Gasteiger partial charge in [-0.2, -0.15) is 0 Å². The van der Waals surface area contributed by atoms with Gasteiger partial charge in [-0.05, 0) is 6.07 Å². The van der Waals surface area contributed by atoms with Crippen LogP contribution in [0.15, 0.2) is 24.3 Å². The molecular formula is C11H13N3O2S. The van der Waals surface area contributed by atoms with E-state index < -0.39 is 0 Å². The van der Waals surface area contributed by atoms with Crippen molar-refractivity contribution in [3.05, 3.63) is 24.3 Å². The third-order valence-corrected chi connectivity index (χ3v) is 2.85. The Bertz CT molecular complexity index is 487. The molecule has 0 fully saturated rings. The highest BCUT2D eigenvalue weighted by Crippen LogP contribution is 2.34. The number of anilines is 1. The predicted molar refractivity (Wildman–Crippen MR) is 67.0 cm³/mol. The molecule has 0 aliphatic carbocycles. The first-order valence-electron chi connectivity index (χ1n) is 5.24. The molecule has 0 amide bonds. The van der Waals surface area contributed by atoms with Crippen LogP contribution >= 0.6 is 11.5 Å². The molecular weight excluding hydrogens is 238 g/mol. The number of aromatic nitrogens is 2. The Morgan fingerprint density at radius 3 is 2.94 bits per heavy atom. The molecule has 2 aromatic rings. The molecule has 0 atom stereocenters. The van der Waals surface area contributed by atoms with Crippen molar-refractivity contribution < 1.29 is 9.84 Å². The van der Waals surface area contributed by atoms with Crippen molar-refractivity contribution >= 4 is 17.2 Å². The zero-order valence-electron chi connectivity index (χ0n) is 9.17. The van der Waals surface area contributed by atoms with Crippen molar-refractivity contribution in [2.24, 2.45) is 0 Å². The number of ether oxygens (including phenoxy) is 1. The van der Waals surface area contributed by atoms with E-state index in [0.29, 0.717) is 29.5 Å². The van der Waals surface area contributed by atoms with Crippen molar-refractivity contribution in [2.45, 2.75) is 6.42 Å². The van der Waals surface area contributed by atoms with Gasteiger partial charge in [0.1, 0.15) is 0 Å². The lowest BCUT2D eigenvalue weighted by atomic mass is 10.1. The molecule has 0 aliphatic rings. The summed E-state index contributed by atoms with van der Waals surface area (Å²) in [6.07, 6.45) is 0.585. The Kier molecular flexibility index (Phi) is 3.89. The largest absolute Gasteiger partial charge is 0.481 e. The molecule has 90 valence electrons. The summed E-state index contributed by atoms with van der Waals surface area (Å²) in [7, 11) is 0. The molecule has 0 aliphatic heterocycles. The zero-order valence-corrected chi connectivity index (χ0v) is 9.98. The molecule has 6 heteroatoms. The zero-order chi connectivity index (χ0) is 12.1. The number of hydrogen-bond donors (Lipinski definition) is 2. The molecule has 5 nitrogen and oxygen atoms in total. The number of nitrogens with two attached hydrogens (primary N) is 1. The molecule has 0 unspecified atom stereocenters. The highest BCUT2D eigenvalue weighted by Gasteiger charge is 2.13. The minimum absolute atomic E-state index is 0.106. The monoisotopic (exact) mass is 251 g/mol. The topological polar surface area (TPSA) is 81.3 Å². The average molecular weight is 251 g/mol. The summed E-state index contributed by atoms with van der Waals surface area (Å²) in [5.41, 5.74) is 8.00. The number of hydrogen-bond acceptors (Lipinski definition) is 6. The molecule has 17 heavy (non-hydrogen) atoms. The molecule has 3 N–H and O–H groups in total. The summed E-state index contributed by atoms with van der Waals surface area (Å²) >= 11 is 1.18. The minimum atomic E-state index is 0.106. The summed E-state index contributed by atoms with van der Waals surface area (Å²) < 4.78 is 9.37. The minimum Gasteiger partial charge on any atom is -0.481 e. The van der Waals surface area contributed by atoms with Gasteiger partial charge in [0.05, 0.1) is 6.61 Å². The van der Waals surface area contributed by atoms with Crippen molar-refractivity contribution in [2.75, 3.05) is 18.9 Å². The number of rotatable bonds is 5. The summed E-state index contributed by atoms with van der Waals surface area (Å²) in [4.78, 5) is 0. The molecule has 0 saturated heterocycles. The first-order valence-corrected chi connectivity index (χ1v) is 6.01. The second-order valence-electron chi connectivity index (χ2n) is 3.42. The fourth-order valence-electron chi connectivity index (χ4n) is 1.38. The number of aliphatic hydroxyl groups excluding tert-OH is 1. The van der Waals surface area contributed by atoms with Crippen LogP contribution in [0.25, 0.3) is 11.3 Å². The lowest BCUT2D eigenvalue weighted by Crippen LogP contribution is -2.00. The first-order chi connectivity index (χ1) is 8.33. The second kappa shape index (κ2) is 5.60. The quantitative estimate of drug-likeness (QED) is 0.622. The van der Waals surface area contributed by atoms with Crippen LogP contribution in [-0.4, -0.2) is 27.9 Å². The van der Waals surface area contributed by atoms with Gasteiger partial charge in [-0.15, -0.1) is 5.10 Å². The van der Waals surface area contributed by atoms with E-state index in [1.807, 2.05) is 24.3 Å². The molecule has 1 aromatic carbocycles. The van der Waals surface area contributed by atoms with Crippen molar-refractivity contribution in [3.63, 3.8) is 0 Å². The standard InChI is InChI=1S/C11H13N3O2S/c12-9-5-2-1-4-8(9)10-11(17-14-13-10)16-7-3-6-15/h1-2,4-5,15H,3,6-7,12H2. The van der Waals surface area contributed by atoms with E-state index in [9.17, 15) is 0 Å². The molecule has 0 spiro atoms. The van der Waals surface area contributed by atoms with E-state index >= 15 is 0 Å². The van der Waals surface area contributed by atoms with Crippen LogP contribution in [-0.2, 0) is 0 Å². The van der Waals surface area contributed by atoms with Crippen LogP contribution in [0.3, 0.4) is 0 Å². The van der Waals surface area contributed by atoms with Gasteiger partial charge >= 0.3 is 0 Å². The van der Waals surface area contributed by atoms with Crippen LogP contribution < -0.4 is 10.5 Å². The maximum Gasteiger partial charge on any atom is 0.222 e. The van der Waals surface area contributed by atoms with Gasteiger partial charge in [-0.25, -0.2) is 0 Å². The third kappa shape index (κ3) is 2.72. The fraction of sp³-hybridized carbons (Fsp3) is 0.273. The summed E-state index contributed by atoms with van der Waals surface area (Å²) in [6, 6.07) is 7.45. The Morgan fingerprint density at radius 1 is 1.35 bits per heavy atom. The molecule has 0 radical (unpaired) electrons. The number of aliphatic hydroxyl groups is 1. The second-order valence-corrected chi connectivity index (χ2v) is 4.14. The van der Waals surface area contributed by atoms with Gasteiger partial charge in [-0.1, -0.05) is 22.7 Å². The highest BCUT2D eigenvalue weighted by molar-refractivity contribution is 7.08. The van der Waals surface area contributed by atoms with E-state index in [0.717, 1.165) is 5.56 Å². The Hall–Kier alpha value is -1.66. The normalized spacial score (nSPS) is 10.4. The van der Waals surface area contributed by atoms with E-state index in [1.165, 1.54) is 11.5 Å². The van der Waals surface area contributed by atoms with Gasteiger partial charge in [0.25, 0.3) is 0 Å². The number of benzene rings is 1. The molecule has 1 aromatic heterocycles. The summed E-state index contributed by atoms with van der Waals surface area (Å²) in [6.45, 7) is 0.551. The highest BCUT2D eigenvalue weighted by atomic mass is 32.1. The lowest BCUT2D eigenvalue weighted by molar-refractivity contribution is 0.237. The van der Waals surface area contributed by atoms with E-state index in [2.05, 4.69) is 9.59 Å². The molecule has 0 saturated carbocycles. The van der Waals surface area contributed by atoms with Crippen LogP contribution in [0.2, 0.25) is 0 Å². The van der Waals surface area contributed by atoms with Crippen LogP contribution in [0, 0.1) is 0 Å². The third-order valence-electron chi connectivity index (χ3n) is 2.21. The molecule has 0 bridgehead atoms. The van der Waals surface area contributed by atoms with Crippen LogP contribution in [0.1, 0.15) is 6.42 Å². The van der Waals surface area contributed by atoms with Gasteiger partial charge in [0, 0.05) is 35.8 Å². The summed E-state index contributed by atoms with van der Waals surface area (Å²) in [5, 5.41) is 13.4. The lowest BCUT2D eigenvalue weighted by Gasteiger charge is -2.05. The van der Waals surface area contributed by atoms with Crippen molar-refractivity contribution in [1.29, 1.82) is 0 Å². The number of nitrogens with zero attached hydrogens (tertiary/aromatic N) is 2. The van der Waals surface area contributed by atoms with Gasteiger partial charge in [0.15, 0.2) is 5.69 Å². The maximum absolute atomic E-state index is 8.70. The average Bonchev–Trinajstić information content (AvgIpc) is 2.78. The smallest absolute Gasteiger partial charge is 0.222 e. The molecule has 2 rings (SSSR count). The Morgan fingerprint density at radius 2 is 2.18 bits per heavy atom.